The Morgan fingerprint density at radius 3 is 2.59 bits per heavy atom. The molecule has 0 bridgehead atoms. The molecule has 0 aliphatic carbocycles. The molecule has 5 heteroatoms. The molecule has 0 amide bonds. The van der Waals surface area contributed by atoms with Crippen LogP contribution in [0.4, 0.5) is 8.78 Å². The van der Waals surface area contributed by atoms with Crippen molar-refractivity contribution in [3.63, 3.8) is 0 Å². The van der Waals surface area contributed by atoms with Crippen LogP contribution in [0.15, 0.2) is 36.7 Å². The van der Waals surface area contributed by atoms with E-state index < -0.39 is 17.4 Å². The highest BCUT2D eigenvalue weighted by molar-refractivity contribution is 6.35. The van der Waals surface area contributed by atoms with Crippen LogP contribution in [0.3, 0.4) is 0 Å². The zero-order chi connectivity index (χ0) is 12.4. The maximum Gasteiger partial charge on any atom is 0.197 e. The second kappa shape index (κ2) is 4.59. The molecule has 2 aromatic rings. The molecule has 0 saturated heterocycles. The van der Waals surface area contributed by atoms with E-state index in [0.717, 1.165) is 18.3 Å². The lowest BCUT2D eigenvalue weighted by Gasteiger charge is -2.04. The van der Waals surface area contributed by atoms with Crippen LogP contribution < -0.4 is 0 Å². The van der Waals surface area contributed by atoms with Crippen molar-refractivity contribution in [3.05, 3.63) is 64.4 Å². The fourth-order valence-electron chi connectivity index (χ4n) is 1.38. The predicted octanol–water partition coefficient (Wildman–Crippen LogP) is 3.24. The summed E-state index contributed by atoms with van der Waals surface area (Å²) >= 11 is 5.73. The van der Waals surface area contributed by atoms with Crippen LogP contribution in [-0.2, 0) is 0 Å². The van der Waals surface area contributed by atoms with Gasteiger partial charge in [-0.2, -0.15) is 0 Å². The van der Waals surface area contributed by atoms with E-state index in [-0.39, 0.29) is 16.1 Å². The van der Waals surface area contributed by atoms with Gasteiger partial charge in [0.1, 0.15) is 5.82 Å². The van der Waals surface area contributed by atoms with Gasteiger partial charge in [-0.15, -0.1) is 0 Å². The van der Waals surface area contributed by atoms with Crippen LogP contribution in [-0.4, -0.2) is 10.8 Å². The van der Waals surface area contributed by atoms with Crippen molar-refractivity contribution in [1.29, 1.82) is 0 Å². The Kier molecular flexibility index (Phi) is 3.15. The van der Waals surface area contributed by atoms with Gasteiger partial charge in [-0.25, -0.2) is 8.78 Å². The summed E-state index contributed by atoms with van der Waals surface area (Å²) in [5.41, 5.74) is -0.0910. The van der Waals surface area contributed by atoms with Crippen molar-refractivity contribution in [3.8, 4) is 0 Å². The van der Waals surface area contributed by atoms with Gasteiger partial charge in [0.2, 0.25) is 0 Å². The van der Waals surface area contributed by atoms with Gasteiger partial charge >= 0.3 is 0 Å². The molecule has 0 aliphatic heterocycles. The highest BCUT2D eigenvalue weighted by Crippen LogP contribution is 2.21. The van der Waals surface area contributed by atoms with Crippen LogP contribution in [0.1, 0.15) is 15.9 Å². The maximum atomic E-state index is 13.3. The van der Waals surface area contributed by atoms with Gasteiger partial charge in [0.05, 0.1) is 16.8 Å². The number of nitrogens with zero attached hydrogens (tertiary/aromatic N) is 1. The Morgan fingerprint density at radius 2 is 1.94 bits per heavy atom. The van der Waals surface area contributed by atoms with Crippen LogP contribution in [0, 0.1) is 11.6 Å². The van der Waals surface area contributed by atoms with Crippen molar-refractivity contribution in [2.75, 3.05) is 0 Å². The fraction of sp³-hybridized carbons (Fsp3) is 0. The second-order valence-electron chi connectivity index (χ2n) is 3.31. The van der Waals surface area contributed by atoms with Gasteiger partial charge in [0, 0.05) is 11.8 Å². The first-order valence-electron chi connectivity index (χ1n) is 4.69. The molecule has 1 aromatic carbocycles. The number of hydrogen-bond donors (Lipinski definition) is 0. The molecule has 0 spiro atoms. The molecule has 0 aliphatic rings. The van der Waals surface area contributed by atoms with E-state index in [2.05, 4.69) is 4.98 Å². The number of hydrogen-bond acceptors (Lipinski definition) is 2. The number of halogens is 3. The number of carbonyl (C=O) groups is 1. The highest BCUT2D eigenvalue weighted by Gasteiger charge is 2.16. The van der Waals surface area contributed by atoms with E-state index in [1.165, 1.54) is 18.3 Å². The predicted molar refractivity (Wildman–Crippen MR) is 59.0 cm³/mol. The maximum absolute atomic E-state index is 13.3. The third-order valence-corrected chi connectivity index (χ3v) is 2.51. The van der Waals surface area contributed by atoms with Crippen LogP contribution in [0.25, 0.3) is 0 Å². The molecule has 0 radical (unpaired) electrons. The quantitative estimate of drug-likeness (QED) is 0.769. The van der Waals surface area contributed by atoms with Crippen LogP contribution in [0.5, 0.6) is 0 Å². The Balaban J connectivity index is 2.48. The van der Waals surface area contributed by atoms with Gasteiger partial charge in [0.15, 0.2) is 11.6 Å². The van der Waals surface area contributed by atoms with Crippen LogP contribution in [0.2, 0.25) is 5.02 Å². The summed E-state index contributed by atoms with van der Waals surface area (Å²) in [7, 11) is 0. The Morgan fingerprint density at radius 1 is 1.18 bits per heavy atom. The van der Waals surface area contributed by atoms with Crippen molar-refractivity contribution >= 4 is 17.4 Å². The van der Waals surface area contributed by atoms with Crippen molar-refractivity contribution in [2.24, 2.45) is 0 Å². The van der Waals surface area contributed by atoms with Crippen molar-refractivity contribution < 1.29 is 13.6 Å². The van der Waals surface area contributed by atoms with E-state index in [0.29, 0.717) is 0 Å². The smallest absolute Gasteiger partial charge is 0.197 e. The SMILES string of the molecule is O=C(c1ccncc1F)c1ccc(F)cc1Cl. The zero-order valence-electron chi connectivity index (χ0n) is 8.45. The van der Waals surface area contributed by atoms with Crippen LogP contribution >= 0.6 is 11.6 Å². The number of benzene rings is 1. The van der Waals surface area contributed by atoms with Crippen molar-refractivity contribution in [2.45, 2.75) is 0 Å². The van der Waals surface area contributed by atoms with Gasteiger partial charge in [-0.1, -0.05) is 11.6 Å². The average molecular weight is 254 g/mol. The van der Waals surface area contributed by atoms with E-state index >= 15 is 0 Å². The van der Waals surface area contributed by atoms with Gasteiger partial charge in [0.25, 0.3) is 0 Å². The average Bonchev–Trinajstić information content (AvgIpc) is 2.29. The zero-order valence-corrected chi connectivity index (χ0v) is 9.21. The molecule has 2 rings (SSSR count). The van der Waals surface area contributed by atoms with E-state index in [1.807, 2.05) is 0 Å². The topological polar surface area (TPSA) is 30.0 Å². The Labute approximate surface area is 101 Å². The Hall–Kier alpha value is -1.81. The lowest BCUT2D eigenvalue weighted by atomic mass is 10.0. The molecule has 17 heavy (non-hydrogen) atoms. The number of carbonyl (C=O) groups excluding carboxylic acids is 1. The Bertz CT molecular complexity index is 586. The summed E-state index contributed by atoms with van der Waals surface area (Å²) in [5, 5.41) is -0.0498. The highest BCUT2D eigenvalue weighted by atomic mass is 35.5. The second-order valence-corrected chi connectivity index (χ2v) is 3.72. The molecule has 86 valence electrons. The summed E-state index contributed by atoms with van der Waals surface area (Å²) in [6.07, 6.45) is 2.23. The van der Waals surface area contributed by atoms with Gasteiger partial charge in [-0.3, -0.25) is 9.78 Å². The standard InChI is InChI=1S/C12H6ClF2NO/c13-10-5-7(14)1-2-8(10)12(17)9-3-4-16-6-11(9)15/h1-6H. The summed E-state index contributed by atoms with van der Waals surface area (Å²) in [6, 6.07) is 4.57. The third-order valence-electron chi connectivity index (χ3n) is 2.19. The first-order valence-corrected chi connectivity index (χ1v) is 5.06. The van der Waals surface area contributed by atoms with Gasteiger partial charge < -0.3 is 0 Å². The molecule has 0 atom stereocenters. The first-order chi connectivity index (χ1) is 8.09. The summed E-state index contributed by atoms with van der Waals surface area (Å²) in [5.74, 6) is -1.89. The molecule has 2 nitrogen and oxygen atoms in total. The monoisotopic (exact) mass is 253 g/mol. The molecule has 0 unspecified atom stereocenters. The minimum absolute atomic E-state index is 0.0498. The number of aromatic nitrogens is 1. The molecule has 1 heterocycles. The van der Waals surface area contributed by atoms with Crippen molar-refractivity contribution in [1.82, 2.24) is 4.98 Å². The van der Waals surface area contributed by atoms with E-state index in [4.69, 9.17) is 11.6 Å². The van der Waals surface area contributed by atoms with Gasteiger partial charge in [-0.05, 0) is 24.3 Å². The number of pyridine rings is 1. The lowest BCUT2D eigenvalue weighted by Crippen LogP contribution is -2.05. The minimum atomic E-state index is -0.738. The van der Waals surface area contributed by atoms with E-state index in [9.17, 15) is 13.6 Å². The minimum Gasteiger partial charge on any atom is -0.288 e. The molecule has 0 N–H and O–H groups in total. The number of rotatable bonds is 2. The molecule has 0 saturated carbocycles. The summed E-state index contributed by atoms with van der Waals surface area (Å²) in [4.78, 5) is 15.5. The molecule has 0 fully saturated rings. The summed E-state index contributed by atoms with van der Waals surface area (Å²) in [6.45, 7) is 0. The fourth-order valence-corrected chi connectivity index (χ4v) is 1.63. The number of ketones is 1. The lowest BCUT2D eigenvalue weighted by molar-refractivity contribution is 0.103. The largest absolute Gasteiger partial charge is 0.288 e. The molecule has 1 aromatic heterocycles. The third kappa shape index (κ3) is 2.31. The van der Waals surface area contributed by atoms with E-state index in [1.54, 1.807) is 0 Å². The first kappa shape index (κ1) is 11.7. The normalized spacial score (nSPS) is 10.3. The summed E-state index contributed by atoms with van der Waals surface area (Å²) < 4.78 is 26.1. The molecular weight excluding hydrogens is 248 g/mol. The molecular formula is C12H6ClF2NO.